The van der Waals surface area contributed by atoms with Crippen LogP contribution in [0.4, 0.5) is 18.9 Å². The number of carbonyl (C=O) groups excluding carboxylic acids is 3. The number of aryl methyl sites for hydroxylation is 1. The van der Waals surface area contributed by atoms with E-state index >= 15 is 0 Å². The van der Waals surface area contributed by atoms with Crippen LogP contribution in [-0.2, 0) is 22.6 Å². The predicted molar refractivity (Wildman–Crippen MR) is 136 cm³/mol. The van der Waals surface area contributed by atoms with E-state index in [4.69, 9.17) is 4.74 Å². The summed E-state index contributed by atoms with van der Waals surface area (Å²) in [7, 11) is 3.31. The maximum absolute atomic E-state index is 13.2. The van der Waals surface area contributed by atoms with Crippen LogP contribution in [-0.4, -0.2) is 43.0 Å². The van der Waals surface area contributed by atoms with Crippen molar-refractivity contribution >= 4 is 29.5 Å². The molecule has 1 atom stereocenters. The minimum Gasteiger partial charge on any atom is -0.457 e. The molecule has 1 N–H and O–H groups in total. The van der Waals surface area contributed by atoms with Crippen molar-refractivity contribution in [2.45, 2.75) is 59.2 Å². The predicted octanol–water partition coefficient (Wildman–Crippen LogP) is 5.95. The number of hydrogen-bond acceptors (Lipinski definition) is 4. The van der Waals surface area contributed by atoms with Gasteiger partial charge in [0.2, 0.25) is 0 Å². The fourth-order valence-electron chi connectivity index (χ4n) is 4.68. The number of ether oxygens (including phenoxy) is 1. The van der Waals surface area contributed by atoms with Gasteiger partial charge in [-0.3, -0.25) is 9.59 Å². The van der Waals surface area contributed by atoms with Crippen LogP contribution in [0.3, 0.4) is 0 Å². The Morgan fingerprint density at radius 2 is 1.89 bits per heavy atom. The van der Waals surface area contributed by atoms with E-state index < -0.39 is 18.1 Å². The van der Waals surface area contributed by atoms with Gasteiger partial charge in [0.15, 0.2) is 0 Å². The van der Waals surface area contributed by atoms with Crippen LogP contribution in [0.5, 0.6) is 0 Å². The highest BCUT2D eigenvalue weighted by Gasteiger charge is 2.41. The van der Waals surface area contributed by atoms with Crippen molar-refractivity contribution in [1.82, 2.24) is 4.90 Å². The molecule has 37 heavy (non-hydrogen) atoms. The van der Waals surface area contributed by atoms with Gasteiger partial charge in [-0.05, 0) is 60.4 Å². The number of halogens is 3. The number of benzene rings is 2. The van der Waals surface area contributed by atoms with Crippen molar-refractivity contribution < 1.29 is 32.3 Å². The summed E-state index contributed by atoms with van der Waals surface area (Å²) in [6, 6.07) is 5.43. The molecular formula is C28H31F3N2O4. The van der Waals surface area contributed by atoms with Gasteiger partial charge in [0, 0.05) is 25.2 Å². The number of nitrogens with one attached hydrogen (secondary N) is 1. The number of carbonyl (C=O) groups is 3. The fourth-order valence-corrected chi connectivity index (χ4v) is 4.68. The summed E-state index contributed by atoms with van der Waals surface area (Å²) in [5.74, 6) is -3.16. The number of hydrogen-bond donors (Lipinski definition) is 1. The van der Waals surface area contributed by atoms with Gasteiger partial charge >= 0.3 is 18.1 Å². The Hall–Kier alpha value is -3.62. The molecule has 1 unspecified atom stereocenters. The molecule has 6 nitrogen and oxygen atoms in total. The molecular weight excluding hydrogens is 485 g/mol. The summed E-state index contributed by atoms with van der Waals surface area (Å²) in [6.07, 6.45) is -0.847. The van der Waals surface area contributed by atoms with Crippen molar-refractivity contribution in [3.63, 3.8) is 0 Å². The smallest absolute Gasteiger partial charge is 0.457 e. The highest BCUT2D eigenvalue weighted by molar-refractivity contribution is 6.06. The summed E-state index contributed by atoms with van der Waals surface area (Å²) in [5.41, 5.74) is 4.21. The number of amides is 2. The van der Waals surface area contributed by atoms with Gasteiger partial charge in [-0.15, -0.1) is 0 Å². The second-order valence-electron chi connectivity index (χ2n) is 9.43. The number of nitrogens with zero attached hydrogens (tertiary/aromatic N) is 1. The lowest BCUT2D eigenvalue weighted by Gasteiger charge is -2.24. The first-order valence-electron chi connectivity index (χ1n) is 12.0. The zero-order valence-corrected chi connectivity index (χ0v) is 21.8. The van der Waals surface area contributed by atoms with Gasteiger partial charge in [0.05, 0.1) is 11.3 Å². The zero-order valence-electron chi connectivity index (χ0n) is 21.8. The molecule has 0 fully saturated rings. The Morgan fingerprint density at radius 1 is 1.22 bits per heavy atom. The van der Waals surface area contributed by atoms with E-state index in [2.05, 4.69) is 0 Å². The summed E-state index contributed by atoms with van der Waals surface area (Å²) < 4.78 is 44.9. The molecule has 2 aromatic rings. The third-order valence-corrected chi connectivity index (χ3v) is 6.73. The van der Waals surface area contributed by atoms with E-state index in [0.717, 1.165) is 16.7 Å². The van der Waals surface area contributed by atoms with E-state index in [1.807, 2.05) is 45.1 Å². The van der Waals surface area contributed by atoms with E-state index in [-0.39, 0.29) is 36.1 Å². The average Bonchev–Trinajstić information content (AvgIpc) is 3.21. The molecule has 0 saturated carbocycles. The average molecular weight is 517 g/mol. The van der Waals surface area contributed by atoms with E-state index in [0.29, 0.717) is 28.7 Å². The molecule has 1 aliphatic rings. The van der Waals surface area contributed by atoms with Crippen molar-refractivity contribution in [3.8, 4) is 0 Å². The second-order valence-corrected chi connectivity index (χ2v) is 9.43. The number of cyclic esters (lactones) is 1. The highest BCUT2D eigenvalue weighted by atomic mass is 19.4. The third kappa shape index (κ3) is 5.55. The molecule has 0 radical (unpaired) electrons. The Labute approximate surface area is 214 Å². The molecule has 1 aliphatic heterocycles. The normalized spacial score (nSPS) is 13.9. The molecule has 198 valence electrons. The van der Waals surface area contributed by atoms with E-state index in [9.17, 15) is 27.6 Å². The quantitative estimate of drug-likeness (QED) is 0.462. The Morgan fingerprint density at radius 3 is 2.49 bits per heavy atom. The number of anilines is 1. The molecule has 0 aliphatic carbocycles. The van der Waals surface area contributed by atoms with Crippen molar-refractivity contribution in [2.24, 2.45) is 0 Å². The van der Waals surface area contributed by atoms with Crippen LogP contribution in [0.15, 0.2) is 24.3 Å². The van der Waals surface area contributed by atoms with Crippen molar-refractivity contribution in [2.75, 3.05) is 19.4 Å². The first kappa shape index (κ1) is 28.0. The minimum atomic E-state index is -5.13. The lowest BCUT2D eigenvalue weighted by Crippen LogP contribution is -2.31. The minimum absolute atomic E-state index is 0.0374. The Balaban J connectivity index is 2.19. The summed E-state index contributed by atoms with van der Waals surface area (Å²) in [6.45, 7) is 7.49. The van der Waals surface area contributed by atoms with Gasteiger partial charge in [-0.2, -0.15) is 13.2 Å². The topological polar surface area (TPSA) is 75.7 Å². The number of alkyl halides is 3. The van der Waals surface area contributed by atoms with E-state index in [1.165, 1.54) is 4.90 Å². The third-order valence-electron chi connectivity index (χ3n) is 6.73. The molecule has 0 bridgehead atoms. The van der Waals surface area contributed by atoms with Crippen molar-refractivity contribution in [3.05, 3.63) is 68.8 Å². The zero-order chi connectivity index (χ0) is 27.7. The SMILES string of the molecule is CCC(C)c1c(C)c2c(c(NC(=O)C(F)(F)F)c1C/C=C/c1cccc(C)c1C(=O)N(C)C)C(=O)OC2. The fraction of sp³-hybridized carbons (Fsp3) is 0.393. The molecule has 1 heterocycles. The largest absolute Gasteiger partial charge is 0.471 e. The van der Waals surface area contributed by atoms with Gasteiger partial charge in [0.1, 0.15) is 6.61 Å². The lowest BCUT2D eigenvalue weighted by atomic mass is 9.82. The summed E-state index contributed by atoms with van der Waals surface area (Å²) in [5, 5.41) is 1.97. The molecule has 0 spiro atoms. The number of rotatable bonds is 7. The first-order valence-corrected chi connectivity index (χ1v) is 12.0. The molecule has 3 rings (SSSR count). The first-order chi connectivity index (χ1) is 17.3. The molecule has 9 heteroatoms. The Bertz CT molecular complexity index is 1280. The molecule has 0 aromatic heterocycles. The maximum Gasteiger partial charge on any atom is 0.471 e. The standard InChI is InChI=1S/C28H31F3N2O4/c1-7-15(2)21-17(4)20-14-37-26(35)23(20)24(32-27(36)28(29,30)31)19(21)13-9-12-18-11-8-10-16(3)22(18)25(34)33(5)6/h8-12,15H,7,13-14H2,1-6H3,(H,32,36)/b12-9+. The second kappa shape index (κ2) is 10.8. The van der Waals surface area contributed by atoms with Gasteiger partial charge in [-0.25, -0.2) is 4.79 Å². The van der Waals surface area contributed by atoms with Gasteiger partial charge < -0.3 is 15.0 Å². The maximum atomic E-state index is 13.2. The van der Waals surface area contributed by atoms with Crippen molar-refractivity contribution in [1.29, 1.82) is 0 Å². The molecule has 0 saturated heterocycles. The van der Waals surface area contributed by atoms with Crippen LogP contribution in [0.1, 0.15) is 80.3 Å². The summed E-state index contributed by atoms with van der Waals surface area (Å²) >= 11 is 0. The van der Waals surface area contributed by atoms with Gasteiger partial charge in [-0.1, -0.05) is 44.2 Å². The molecule has 2 aromatic carbocycles. The van der Waals surface area contributed by atoms with Crippen LogP contribution in [0.2, 0.25) is 0 Å². The van der Waals surface area contributed by atoms with Crippen LogP contribution < -0.4 is 5.32 Å². The van der Waals surface area contributed by atoms with Gasteiger partial charge in [0.25, 0.3) is 5.91 Å². The lowest BCUT2D eigenvalue weighted by molar-refractivity contribution is -0.167. The molecule has 2 amide bonds. The number of esters is 1. The van der Waals surface area contributed by atoms with E-state index in [1.54, 1.807) is 32.3 Å². The number of allylic oxidation sites excluding steroid dienone is 1. The monoisotopic (exact) mass is 516 g/mol. The highest BCUT2D eigenvalue weighted by Crippen LogP contribution is 2.41. The van der Waals surface area contributed by atoms with Crippen LogP contribution in [0, 0.1) is 13.8 Å². The number of fused-ring (bicyclic) bond motifs is 1. The van der Waals surface area contributed by atoms with Crippen LogP contribution >= 0.6 is 0 Å². The Kier molecular flexibility index (Phi) is 8.15. The summed E-state index contributed by atoms with van der Waals surface area (Å²) in [4.78, 5) is 38.8. The van der Waals surface area contributed by atoms with Crippen LogP contribution in [0.25, 0.3) is 6.08 Å².